The standard InChI is InChI=1S/C9H13N3O2S2/c1-11-16(13,14)12(2)8-6-4-3-5-7(8)9(10)15/h3-6,11H,1-2H3,(H2,10,15). The molecule has 3 N–H and O–H groups in total. The van der Waals surface area contributed by atoms with Crippen LogP contribution in [0.5, 0.6) is 0 Å². The van der Waals surface area contributed by atoms with Gasteiger partial charge >= 0.3 is 10.2 Å². The molecule has 1 aromatic carbocycles. The predicted molar refractivity (Wildman–Crippen MR) is 68.7 cm³/mol. The average molecular weight is 259 g/mol. The molecule has 0 bridgehead atoms. The van der Waals surface area contributed by atoms with Crippen LogP contribution in [0.15, 0.2) is 24.3 Å². The third-order valence-corrected chi connectivity index (χ3v) is 3.78. The van der Waals surface area contributed by atoms with Gasteiger partial charge in [0.25, 0.3) is 0 Å². The minimum absolute atomic E-state index is 0.161. The van der Waals surface area contributed by atoms with Gasteiger partial charge in [0.15, 0.2) is 0 Å². The molecule has 0 unspecified atom stereocenters. The number of hydrogen-bond acceptors (Lipinski definition) is 3. The Hall–Kier alpha value is -1.18. The van der Waals surface area contributed by atoms with Gasteiger partial charge in [-0.15, -0.1) is 0 Å². The van der Waals surface area contributed by atoms with E-state index in [4.69, 9.17) is 18.0 Å². The number of nitrogens with one attached hydrogen (secondary N) is 1. The van der Waals surface area contributed by atoms with Crippen LogP contribution in [-0.2, 0) is 10.2 Å². The van der Waals surface area contributed by atoms with E-state index in [1.165, 1.54) is 14.1 Å². The molecule has 1 aromatic rings. The molecular formula is C9H13N3O2S2. The van der Waals surface area contributed by atoms with Crippen molar-refractivity contribution in [3.63, 3.8) is 0 Å². The Morgan fingerprint density at radius 1 is 1.44 bits per heavy atom. The van der Waals surface area contributed by atoms with Crippen LogP contribution in [0.25, 0.3) is 0 Å². The van der Waals surface area contributed by atoms with E-state index >= 15 is 0 Å². The zero-order chi connectivity index (χ0) is 12.3. The number of hydrogen-bond donors (Lipinski definition) is 2. The Labute approximate surface area is 100 Å². The summed E-state index contributed by atoms with van der Waals surface area (Å²) in [6.45, 7) is 0. The molecule has 0 aromatic heterocycles. The molecule has 7 heteroatoms. The summed E-state index contributed by atoms with van der Waals surface area (Å²) >= 11 is 4.86. The van der Waals surface area contributed by atoms with Crippen molar-refractivity contribution in [2.75, 3.05) is 18.4 Å². The summed E-state index contributed by atoms with van der Waals surface area (Å²) in [5.41, 5.74) is 6.50. The first kappa shape index (κ1) is 12.9. The fraction of sp³-hybridized carbons (Fsp3) is 0.222. The maximum Gasteiger partial charge on any atom is 0.301 e. The molecule has 88 valence electrons. The van der Waals surface area contributed by atoms with E-state index in [9.17, 15) is 8.42 Å². The minimum atomic E-state index is -3.54. The lowest BCUT2D eigenvalue weighted by Gasteiger charge is -2.20. The highest BCUT2D eigenvalue weighted by atomic mass is 32.2. The van der Waals surface area contributed by atoms with Gasteiger partial charge in [0, 0.05) is 19.7 Å². The van der Waals surface area contributed by atoms with Crippen LogP contribution in [0.4, 0.5) is 5.69 Å². The van der Waals surface area contributed by atoms with Gasteiger partial charge in [-0.25, -0.2) is 4.72 Å². The van der Waals surface area contributed by atoms with Crippen LogP contribution in [0.2, 0.25) is 0 Å². The molecule has 0 heterocycles. The van der Waals surface area contributed by atoms with Crippen LogP contribution >= 0.6 is 12.2 Å². The lowest BCUT2D eigenvalue weighted by atomic mass is 10.2. The van der Waals surface area contributed by atoms with Gasteiger partial charge < -0.3 is 5.73 Å². The van der Waals surface area contributed by atoms with E-state index in [-0.39, 0.29) is 4.99 Å². The van der Waals surface area contributed by atoms with Crippen LogP contribution in [0.1, 0.15) is 5.56 Å². The predicted octanol–water partition coefficient (Wildman–Crippen LogP) is 0.221. The maximum absolute atomic E-state index is 11.6. The average Bonchev–Trinajstić information content (AvgIpc) is 2.28. The third-order valence-electron chi connectivity index (χ3n) is 2.13. The van der Waals surface area contributed by atoms with E-state index in [1.807, 2.05) is 0 Å². The van der Waals surface area contributed by atoms with Crippen molar-refractivity contribution in [3.05, 3.63) is 29.8 Å². The summed E-state index contributed by atoms with van der Waals surface area (Å²) in [6.07, 6.45) is 0. The van der Waals surface area contributed by atoms with E-state index < -0.39 is 10.2 Å². The largest absolute Gasteiger partial charge is 0.389 e. The Balaban J connectivity index is 3.29. The summed E-state index contributed by atoms with van der Waals surface area (Å²) in [5.74, 6) is 0. The molecule has 16 heavy (non-hydrogen) atoms. The van der Waals surface area contributed by atoms with Crippen LogP contribution < -0.4 is 14.8 Å². The number of nitrogens with zero attached hydrogens (tertiary/aromatic N) is 1. The van der Waals surface area contributed by atoms with Crippen molar-refractivity contribution < 1.29 is 8.42 Å². The molecule has 0 fully saturated rings. The highest BCUT2D eigenvalue weighted by molar-refractivity contribution is 7.90. The monoisotopic (exact) mass is 259 g/mol. The summed E-state index contributed by atoms with van der Waals surface area (Å²) in [5, 5.41) is 0. The summed E-state index contributed by atoms with van der Waals surface area (Å²) in [7, 11) is -0.763. The number of anilines is 1. The number of benzene rings is 1. The fourth-order valence-corrected chi connectivity index (χ4v) is 2.09. The van der Waals surface area contributed by atoms with Crippen molar-refractivity contribution in [2.45, 2.75) is 0 Å². The Bertz CT molecular complexity index is 499. The summed E-state index contributed by atoms with van der Waals surface area (Å²) in [4.78, 5) is 0.161. The summed E-state index contributed by atoms with van der Waals surface area (Å²) < 4.78 is 26.5. The fourth-order valence-electron chi connectivity index (χ4n) is 1.22. The van der Waals surface area contributed by atoms with Gasteiger partial charge in [0.1, 0.15) is 4.99 Å². The normalized spacial score (nSPS) is 11.1. The number of thiocarbonyl (C=S) groups is 1. The van der Waals surface area contributed by atoms with Gasteiger partial charge in [0.05, 0.1) is 5.69 Å². The quantitative estimate of drug-likeness (QED) is 0.759. The zero-order valence-electron chi connectivity index (χ0n) is 8.97. The van der Waals surface area contributed by atoms with Crippen molar-refractivity contribution >= 4 is 33.1 Å². The topological polar surface area (TPSA) is 75.4 Å². The Morgan fingerprint density at radius 2 is 2.00 bits per heavy atom. The second-order valence-corrected chi connectivity index (χ2v) is 5.40. The Morgan fingerprint density at radius 3 is 2.50 bits per heavy atom. The van der Waals surface area contributed by atoms with Crippen LogP contribution in [-0.4, -0.2) is 27.5 Å². The highest BCUT2D eigenvalue weighted by Crippen LogP contribution is 2.20. The molecule has 1 rings (SSSR count). The molecule has 0 aliphatic heterocycles. The molecule has 0 saturated carbocycles. The highest BCUT2D eigenvalue weighted by Gasteiger charge is 2.18. The molecule has 0 amide bonds. The SMILES string of the molecule is CNS(=O)(=O)N(C)c1ccccc1C(N)=S. The van der Waals surface area contributed by atoms with Crippen molar-refractivity contribution in [2.24, 2.45) is 5.73 Å². The molecular weight excluding hydrogens is 246 g/mol. The van der Waals surface area contributed by atoms with Crippen LogP contribution in [0, 0.1) is 0 Å². The molecule has 0 aliphatic carbocycles. The molecule has 0 radical (unpaired) electrons. The van der Waals surface area contributed by atoms with Gasteiger partial charge in [-0.3, -0.25) is 4.31 Å². The Kier molecular flexibility index (Phi) is 3.84. The van der Waals surface area contributed by atoms with Crippen LogP contribution in [0.3, 0.4) is 0 Å². The first-order valence-electron chi connectivity index (χ1n) is 4.46. The molecule has 0 atom stereocenters. The van der Waals surface area contributed by atoms with Crippen molar-refractivity contribution in [3.8, 4) is 0 Å². The van der Waals surface area contributed by atoms with Crippen molar-refractivity contribution in [1.82, 2.24) is 4.72 Å². The molecule has 0 spiro atoms. The third kappa shape index (κ3) is 2.49. The van der Waals surface area contributed by atoms with E-state index in [2.05, 4.69) is 4.72 Å². The smallest absolute Gasteiger partial charge is 0.301 e. The number of rotatable bonds is 4. The van der Waals surface area contributed by atoms with E-state index in [0.29, 0.717) is 11.3 Å². The first-order valence-corrected chi connectivity index (χ1v) is 6.31. The van der Waals surface area contributed by atoms with E-state index in [0.717, 1.165) is 4.31 Å². The first-order chi connectivity index (χ1) is 7.40. The van der Waals surface area contributed by atoms with E-state index in [1.54, 1.807) is 24.3 Å². The van der Waals surface area contributed by atoms with Gasteiger partial charge in [0.2, 0.25) is 0 Å². The summed E-state index contributed by atoms with van der Waals surface area (Å²) in [6, 6.07) is 6.79. The number of para-hydroxylation sites is 1. The minimum Gasteiger partial charge on any atom is -0.389 e. The number of nitrogens with two attached hydrogens (primary N) is 1. The second kappa shape index (κ2) is 4.77. The lowest BCUT2D eigenvalue weighted by Crippen LogP contribution is -2.37. The van der Waals surface area contributed by atoms with Gasteiger partial charge in [-0.2, -0.15) is 8.42 Å². The molecule has 0 aliphatic rings. The second-order valence-electron chi connectivity index (χ2n) is 3.06. The van der Waals surface area contributed by atoms with Crippen molar-refractivity contribution in [1.29, 1.82) is 0 Å². The molecule has 0 saturated heterocycles. The lowest BCUT2D eigenvalue weighted by molar-refractivity contribution is 0.586. The van der Waals surface area contributed by atoms with Gasteiger partial charge in [-0.1, -0.05) is 24.4 Å². The maximum atomic E-state index is 11.6. The molecule has 5 nitrogen and oxygen atoms in total. The zero-order valence-corrected chi connectivity index (χ0v) is 10.6. The van der Waals surface area contributed by atoms with Gasteiger partial charge in [-0.05, 0) is 12.1 Å².